The Bertz CT molecular complexity index is 780. The van der Waals surface area contributed by atoms with Crippen LogP contribution in [-0.2, 0) is 4.79 Å². The maximum Gasteiger partial charge on any atom is 0.251 e. The Labute approximate surface area is 167 Å². The Balaban J connectivity index is 1.95. The first kappa shape index (κ1) is 21.6. The van der Waals surface area contributed by atoms with Crippen LogP contribution >= 0.6 is 0 Å². The highest BCUT2D eigenvalue weighted by Crippen LogP contribution is 2.24. The molecule has 2 amide bonds. The topological polar surface area (TPSA) is 70.2 Å². The van der Waals surface area contributed by atoms with Crippen molar-refractivity contribution in [1.82, 2.24) is 10.6 Å². The molecule has 5 heteroatoms. The molecule has 28 heavy (non-hydrogen) atoms. The zero-order valence-electron chi connectivity index (χ0n) is 17.4. The van der Waals surface area contributed by atoms with Crippen LogP contribution in [0.25, 0.3) is 0 Å². The monoisotopic (exact) mass is 381 g/mol. The molecular weight excluding hydrogens is 350 g/mol. The van der Waals surface area contributed by atoms with E-state index in [1.54, 1.807) is 31.3 Å². The van der Waals surface area contributed by atoms with Crippen molar-refractivity contribution in [2.24, 2.45) is 5.92 Å². The molecule has 0 spiro atoms. The number of carbonyl (C=O) groups is 2. The second kappa shape index (κ2) is 10.0. The van der Waals surface area contributed by atoms with Crippen LogP contribution in [0.2, 0.25) is 0 Å². The number of amides is 2. The van der Waals surface area contributed by atoms with Crippen molar-refractivity contribution < 1.29 is 9.59 Å². The van der Waals surface area contributed by atoms with Crippen molar-refractivity contribution in [3.63, 3.8) is 0 Å². The fourth-order valence-electron chi connectivity index (χ4n) is 3.08. The molecule has 2 aromatic carbocycles. The van der Waals surface area contributed by atoms with Gasteiger partial charge < -0.3 is 16.0 Å². The summed E-state index contributed by atoms with van der Waals surface area (Å²) in [6.07, 6.45) is 0. The van der Waals surface area contributed by atoms with Crippen molar-refractivity contribution in [1.29, 1.82) is 0 Å². The molecule has 0 radical (unpaired) electrons. The normalized spacial score (nSPS) is 12.1. The Kier molecular flexibility index (Phi) is 7.76. The first-order valence-electron chi connectivity index (χ1n) is 9.77. The highest BCUT2D eigenvalue weighted by molar-refractivity contribution is 5.96. The van der Waals surface area contributed by atoms with Crippen LogP contribution in [0.3, 0.4) is 0 Å². The molecule has 0 fully saturated rings. The van der Waals surface area contributed by atoms with E-state index in [9.17, 15) is 9.59 Å². The summed E-state index contributed by atoms with van der Waals surface area (Å²) >= 11 is 0. The molecule has 0 bridgehead atoms. The fourth-order valence-corrected chi connectivity index (χ4v) is 3.08. The van der Waals surface area contributed by atoms with Gasteiger partial charge in [-0.1, -0.05) is 52.0 Å². The molecule has 1 atom stereocenters. The molecule has 0 aliphatic heterocycles. The third kappa shape index (κ3) is 5.92. The Morgan fingerprint density at radius 3 is 1.93 bits per heavy atom. The molecule has 5 nitrogen and oxygen atoms in total. The van der Waals surface area contributed by atoms with Crippen LogP contribution in [0, 0.1) is 5.92 Å². The van der Waals surface area contributed by atoms with Crippen molar-refractivity contribution >= 4 is 17.5 Å². The van der Waals surface area contributed by atoms with Gasteiger partial charge in [0.1, 0.15) is 0 Å². The van der Waals surface area contributed by atoms with Gasteiger partial charge in [0.2, 0.25) is 5.91 Å². The van der Waals surface area contributed by atoms with E-state index in [1.165, 1.54) is 11.1 Å². The van der Waals surface area contributed by atoms with Gasteiger partial charge in [-0.15, -0.1) is 0 Å². The predicted molar refractivity (Wildman–Crippen MR) is 115 cm³/mol. The average molecular weight is 382 g/mol. The quantitative estimate of drug-likeness (QED) is 0.645. The van der Waals surface area contributed by atoms with Crippen LogP contribution in [0.5, 0.6) is 0 Å². The summed E-state index contributed by atoms with van der Waals surface area (Å²) < 4.78 is 0. The second-order valence-corrected chi connectivity index (χ2v) is 7.63. The van der Waals surface area contributed by atoms with Gasteiger partial charge in [-0.2, -0.15) is 0 Å². The molecule has 150 valence electrons. The average Bonchev–Trinajstić information content (AvgIpc) is 2.68. The molecule has 2 aromatic rings. The van der Waals surface area contributed by atoms with E-state index < -0.39 is 0 Å². The molecule has 0 saturated heterocycles. The van der Waals surface area contributed by atoms with Gasteiger partial charge in [0, 0.05) is 24.3 Å². The molecule has 0 aliphatic rings. The van der Waals surface area contributed by atoms with Crippen LogP contribution < -0.4 is 16.0 Å². The molecular formula is C23H31N3O2. The minimum absolute atomic E-state index is 0.0996. The summed E-state index contributed by atoms with van der Waals surface area (Å²) in [6.45, 7) is 8.86. The SMILES string of the molecule is CNC(=O)c1ccc(NC(=O)CN[C@H](c2ccc(C(C)C)cc2)C(C)C)cc1. The van der Waals surface area contributed by atoms with E-state index in [-0.39, 0.29) is 24.4 Å². The summed E-state index contributed by atoms with van der Waals surface area (Å²) in [7, 11) is 1.59. The van der Waals surface area contributed by atoms with Gasteiger partial charge in [0.25, 0.3) is 5.91 Å². The van der Waals surface area contributed by atoms with Crippen LogP contribution in [0.4, 0.5) is 5.69 Å². The smallest absolute Gasteiger partial charge is 0.251 e. The minimum atomic E-state index is -0.150. The maximum atomic E-state index is 12.3. The Morgan fingerprint density at radius 2 is 1.43 bits per heavy atom. The van der Waals surface area contributed by atoms with Crippen LogP contribution in [0.15, 0.2) is 48.5 Å². The number of hydrogen-bond donors (Lipinski definition) is 3. The largest absolute Gasteiger partial charge is 0.355 e. The summed E-state index contributed by atoms with van der Waals surface area (Å²) in [4.78, 5) is 23.9. The maximum absolute atomic E-state index is 12.3. The summed E-state index contributed by atoms with van der Waals surface area (Å²) in [5.74, 6) is 0.588. The van der Waals surface area contributed by atoms with Crippen molar-refractivity contribution in [2.75, 3.05) is 18.9 Å². The lowest BCUT2D eigenvalue weighted by molar-refractivity contribution is -0.115. The summed E-state index contributed by atoms with van der Waals surface area (Å²) in [6, 6.07) is 15.5. The van der Waals surface area contributed by atoms with Crippen LogP contribution in [0.1, 0.15) is 61.1 Å². The van der Waals surface area contributed by atoms with Gasteiger partial charge in [-0.3, -0.25) is 9.59 Å². The molecule has 0 unspecified atom stereocenters. The number of carbonyl (C=O) groups excluding carboxylic acids is 2. The highest BCUT2D eigenvalue weighted by Gasteiger charge is 2.17. The number of anilines is 1. The number of nitrogens with one attached hydrogen (secondary N) is 3. The Morgan fingerprint density at radius 1 is 0.857 bits per heavy atom. The Hall–Kier alpha value is -2.66. The van der Waals surface area contributed by atoms with Gasteiger partial charge in [-0.25, -0.2) is 0 Å². The van der Waals surface area contributed by atoms with E-state index >= 15 is 0 Å². The second-order valence-electron chi connectivity index (χ2n) is 7.63. The number of benzene rings is 2. The lowest BCUT2D eigenvalue weighted by Gasteiger charge is -2.23. The third-order valence-electron chi connectivity index (χ3n) is 4.77. The standard InChI is InChI=1S/C23H31N3O2/c1-15(2)17-6-8-18(9-7-17)22(16(3)4)25-14-21(27)26-20-12-10-19(11-13-20)23(28)24-5/h6-13,15-16,22,25H,14H2,1-5H3,(H,24,28)(H,26,27)/t22-/m0/s1. The summed E-state index contributed by atoms with van der Waals surface area (Å²) in [5, 5.41) is 8.80. The first-order chi connectivity index (χ1) is 13.3. The van der Waals surface area contributed by atoms with Crippen molar-refractivity contribution in [3.8, 4) is 0 Å². The third-order valence-corrected chi connectivity index (χ3v) is 4.77. The number of hydrogen-bond acceptors (Lipinski definition) is 3. The summed E-state index contributed by atoms with van der Waals surface area (Å²) in [5.41, 5.74) is 3.72. The predicted octanol–water partition coefficient (Wildman–Crippen LogP) is 4.10. The molecule has 2 rings (SSSR count). The van der Waals surface area contributed by atoms with Gasteiger partial charge >= 0.3 is 0 Å². The van der Waals surface area contributed by atoms with E-state index in [0.29, 0.717) is 23.1 Å². The van der Waals surface area contributed by atoms with E-state index in [2.05, 4.69) is 67.9 Å². The zero-order valence-corrected chi connectivity index (χ0v) is 17.4. The van der Waals surface area contributed by atoms with Crippen molar-refractivity contribution in [2.45, 2.75) is 39.7 Å². The molecule has 0 saturated carbocycles. The molecule has 0 aliphatic carbocycles. The molecule has 3 N–H and O–H groups in total. The molecule has 0 heterocycles. The number of rotatable bonds is 8. The first-order valence-corrected chi connectivity index (χ1v) is 9.77. The lowest BCUT2D eigenvalue weighted by Crippen LogP contribution is -2.33. The van der Waals surface area contributed by atoms with Crippen molar-refractivity contribution in [3.05, 3.63) is 65.2 Å². The minimum Gasteiger partial charge on any atom is -0.355 e. The van der Waals surface area contributed by atoms with Gasteiger partial charge in [-0.05, 0) is 47.2 Å². The van der Waals surface area contributed by atoms with E-state index in [0.717, 1.165) is 0 Å². The molecule has 0 aromatic heterocycles. The van der Waals surface area contributed by atoms with Crippen LogP contribution in [-0.4, -0.2) is 25.4 Å². The fraction of sp³-hybridized carbons (Fsp3) is 0.391. The van der Waals surface area contributed by atoms with Gasteiger partial charge in [0.05, 0.1) is 6.54 Å². The van der Waals surface area contributed by atoms with E-state index in [1.807, 2.05) is 0 Å². The zero-order chi connectivity index (χ0) is 20.7. The van der Waals surface area contributed by atoms with E-state index in [4.69, 9.17) is 0 Å². The van der Waals surface area contributed by atoms with Gasteiger partial charge in [0.15, 0.2) is 0 Å². The highest BCUT2D eigenvalue weighted by atomic mass is 16.2. The lowest BCUT2D eigenvalue weighted by atomic mass is 9.93.